The number of rotatable bonds is 4. The number of fused-ring (bicyclic) bond motifs is 1. The molecule has 8 nitrogen and oxygen atoms in total. The summed E-state index contributed by atoms with van der Waals surface area (Å²) in [4.78, 5) is 26.0. The minimum absolute atomic E-state index is 0.110. The van der Waals surface area contributed by atoms with Gasteiger partial charge in [-0.3, -0.25) is 14.9 Å². The van der Waals surface area contributed by atoms with Gasteiger partial charge in [0.1, 0.15) is 0 Å². The largest absolute Gasteiger partial charge is 0.449 e. The second kappa shape index (κ2) is 7.51. The molecule has 0 saturated carbocycles. The third-order valence-electron chi connectivity index (χ3n) is 5.47. The van der Waals surface area contributed by atoms with E-state index in [0.717, 1.165) is 25.9 Å². The molecule has 0 radical (unpaired) electrons. The quantitative estimate of drug-likeness (QED) is 0.584. The lowest BCUT2D eigenvalue weighted by Gasteiger charge is -2.33. The van der Waals surface area contributed by atoms with Crippen molar-refractivity contribution < 1.29 is 19.2 Å². The van der Waals surface area contributed by atoms with E-state index in [-0.39, 0.29) is 11.3 Å². The van der Waals surface area contributed by atoms with E-state index in [4.69, 9.17) is 9.47 Å². The summed E-state index contributed by atoms with van der Waals surface area (Å²) >= 11 is 0. The second-order valence-corrected chi connectivity index (χ2v) is 8.35. The molecular formula is C22H25N3O5. The maximum absolute atomic E-state index is 13.1. The van der Waals surface area contributed by atoms with E-state index < -0.39 is 16.6 Å². The Labute approximate surface area is 174 Å². The number of piperidine rings is 1. The highest BCUT2D eigenvalue weighted by atomic mass is 16.7. The topological polar surface area (TPSA) is 93.9 Å². The molecule has 8 heteroatoms. The number of nitro groups is 1. The lowest BCUT2D eigenvalue weighted by Crippen LogP contribution is -2.34. The van der Waals surface area contributed by atoms with Gasteiger partial charge in [0.15, 0.2) is 11.5 Å². The number of anilines is 2. The van der Waals surface area contributed by atoms with Crippen LogP contribution in [-0.2, 0) is 0 Å². The molecule has 2 aromatic rings. The van der Waals surface area contributed by atoms with Crippen molar-refractivity contribution in [1.29, 1.82) is 0 Å². The van der Waals surface area contributed by atoms with Crippen molar-refractivity contribution in [1.82, 2.24) is 0 Å². The molecule has 1 N–H and O–H groups in total. The number of carbonyl (C=O) groups is 1. The van der Waals surface area contributed by atoms with Crippen molar-refractivity contribution in [2.75, 3.05) is 23.3 Å². The normalized spacial score (nSPS) is 17.6. The monoisotopic (exact) mass is 411 g/mol. The van der Waals surface area contributed by atoms with E-state index in [1.165, 1.54) is 12.1 Å². The van der Waals surface area contributed by atoms with Crippen LogP contribution in [0.4, 0.5) is 17.1 Å². The number of non-ortho nitro benzene ring substituents is 1. The molecule has 158 valence electrons. The number of hydrogen-bond donors (Lipinski definition) is 1. The molecule has 0 aromatic heterocycles. The number of nitro benzene ring substituents is 1. The van der Waals surface area contributed by atoms with Crippen LogP contribution in [-0.4, -0.2) is 29.7 Å². The molecule has 0 spiro atoms. The molecule has 2 aromatic carbocycles. The third kappa shape index (κ3) is 4.03. The molecule has 2 heterocycles. The number of amides is 1. The zero-order valence-electron chi connectivity index (χ0n) is 17.3. The van der Waals surface area contributed by atoms with Gasteiger partial charge in [0.2, 0.25) is 5.79 Å². The lowest BCUT2D eigenvalue weighted by molar-refractivity contribution is -0.384. The zero-order valence-corrected chi connectivity index (χ0v) is 17.3. The number of nitrogens with zero attached hydrogens (tertiary/aromatic N) is 2. The first-order valence-corrected chi connectivity index (χ1v) is 10.1. The summed E-state index contributed by atoms with van der Waals surface area (Å²) in [5.41, 5.74) is 1.43. The van der Waals surface area contributed by atoms with Gasteiger partial charge in [-0.2, -0.15) is 0 Å². The summed E-state index contributed by atoms with van der Waals surface area (Å²) in [5, 5.41) is 14.1. The molecule has 0 atom stereocenters. The number of nitrogens with one attached hydrogen (secondary N) is 1. The lowest BCUT2D eigenvalue weighted by atomic mass is 9.98. The summed E-state index contributed by atoms with van der Waals surface area (Å²) < 4.78 is 11.4. The van der Waals surface area contributed by atoms with Gasteiger partial charge in [-0.05, 0) is 37.0 Å². The van der Waals surface area contributed by atoms with Gasteiger partial charge in [0, 0.05) is 50.8 Å². The molecule has 2 aliphatic rings. The van der Waals surface area contributed by atoms with Gasteiger partial charge < -0.3 is 19.7 Å². The first-order valence-electron chi connectivity index (χ1n) is 10.1. The Kier molecular flexibility index (Phi) is 5.01. The average molecular weight is 411 g/mol. The Morgan fingerprint density at radius 1 is 1.13 bits per heavy atom. The van der Waals surface area contributed by atoms with E-state index in [1.807, 2.05) is 0 Å². The number of ether oxygens (including phenoxy) is 2. The Balaban J connectivity index is 1.61. The molecule has 1 saturated heterocycles. The average Bonchev–Trinajstić information content (AvgIpc) is 3.01. The molecule has 4 rings (SSSR count). The highest BCUT2D eigenvalue weighted by Gasteiger charge is 2.32. The van der Waals surface area contributed by atoms with Gasteiger partial charge >= 0.3 is 0 Å². The highest BCUT2D eigenvalue weighted by molar-refractivity contribution is 6.08. The van der Waals surface area contributed by atoms with Crippen LogP contribution in [0.1, 0.15) is 44.0 Å². The molecule has 0 bridgehead atoms. The van der Waals surface area contributed by atoms with E-state index in [1.54, 1.807) is 38.1 Å². The van der Waals surface area contributed by atoms with E-state index >= 15 is 0 Å². The third-order valence-corrected chi connectivity index (χ3v) is 5.47. The van der Waals surface area contributed by atoms with Crippen molar-refractivity contribution in [2.45, 2.75) is 39.4 Å². The van der Waals surface area contributed by atoms with Gasteiger partial charge in [0.25, 0.3) is 11.6 Å². The molecule has 30 heavy (non-hydrogen) atoms. The summed E-state index contributed by atoms with van der Waals surface area (Å²) in [6.45, 7) is 7.46. The SMILES string of the molecule is CC1CCN(c2ccc([N+](=O)[O-])cc2C(=O)Nc2ccc3c(c2)OC(C)(C)O3)CC1. The summed E-state index contributed by atoms with van der Waals surface area (Å²) in [6.07, 6.45) is 2.05. The summed E-state index contributed by atoms with van der Waals surface area (Å²) in [6, 6.07) is 9.62. The van der Waals surface area contributed by atoms with Crippen LogP contribution >= 0.6 is 0 Å². The molecule has 0 aliphatic carbocycles. The predicted octanol–water partition coefficient (Wildman–Crippen LogP) is 4.59. The van der Waals surface area contributed by atoms with Crippen LogP contribution in [0, 0.1) is 16.0 Å². The first-order chi connectivity index (χ1) is 14.2. The molecule has 1 amide bonds. The van der Waals surface area contributed by atoms with Crippen LogP contribution in [0.2, 0.25) is 0 Å². The molecule has 1 fully saturated rings. The number of carbonyl (C=O) groups excluding carboxylic acids is 1. The Hall–Kier alpha value is -3.29. The van der Waals surface area contributed by atoms with Crippen molar-refractivity contribution >= 4 is 23.0 Å². The van der Waals surface area contributed by atoms with Crippen LogP contribution in [0.3, 0.4) is 0 Å². The van der Waals surface area contributed by atoms with Crippen LogP contribution < -0.4 is 19.7 Å². The fourth-order valence-electron chi connectivity index (χ4n) is 3.84. The van der Waals surface area contributed by atoms with E-state index in [2.05, 4.69) is 17.1 Å². The van der Waals surface area contributed by atoms with Gasteiger partial charge in [-0.1, -0.05) is 6.92 Å². The van der Waals surface area contributed by atoms with Crippen LogP contribution in [0.25, 0.3) is 0 Å². The highest BCUT2D eigenvalue weighted by Crippen LogP contribution is 2.41. The van der Waals surface area contributed by atoms with Crippen molar-refractivity contribution in [3.63, 3.8) is 0 Å². The standard InChI is InChI=1S/C22H25N3O5/c1-14-8-10-24(11-9-14)18-6-5-16(25(27)28)13-17(18)21(26)23-15-4-7-19-20(12-15)30-22(2,3)29-19/h4-7,12-14H,8-11H2,1-3H3,(H,23,26). The van der Waals surface area contributed by atoms with Crippen LogP contribution in [0.5, 0.6) is 11.5 Å². The van der Waals surface area contributed by atoms with E-state index in [0.29, 0.717) is 28.8 Å². The molecule has 2 aliphatic heterocycles. The van der Waals surface area contributed by atoms with E-state index in [9.17, 15) is 14.9 Å². The summed E-state index contributed by atoms with van der Waals surface area (Å²) in [5.74, 6) is 0.627. The Morgan fingerprint density at radius 2 is 1.83 bits per heavy atom. The molecule has 0 unspecified atom stereocenters. The number of hydrogen-bond acceptors (Lipinski definition) is 6. The van der Waals surface area contributed by atoms with Gasteiger partial charge in [-0.25, -0.2) is 0 Å². The first kappa shape index (κ1) is 20.0. The Morgan fingerprint density at radius 3 is 2.53 bits per heavy atom. The minimum atomic E-state index is -0.760. The fraction of sp³-hybridized carbons (Fsp3) is 0.409. The fourth-order valence-corrected chi connectivity index (χ4v) is 3.84. The minimum Gasteiger partial charge on any atom is -0.449 e. The van der Waals surface area contributed by atoms with Gasteiger partial charge in [-0.15, -0.1) is 0 Å². The maximum atomic E-state index is 13.1. The number of benzene rings is 2. The van der Waals surface area contributed by atoms with Crippen molar-refractivity contribution in [2.24, 2.45) is 5.92 Å². The smallest absolute Gasteiger partial charge is 0.270 e. The maximum Gasteiger partial charge on any atom is 0.270 e. The summed E-state index contributed by atoms with van der Waals surface area (Å²) in [7, 11) is 0. The second-order valence-electron chi connectivity index (χ2n) is 8.35. The van der Waals surface area contributed by atoms with Gasteiger partial charge in [0.05, 0.1) is 16.2 Å². The predicted molar refractivity (Wildman–Crippen MR) is 113 cm³/mol. The zero-order chi connectivity index (χ0) is 21.5. The Bertz CT molecular complexity index is 996. The van der Waals surface area contributed by atoms with Crippen LogP contribution in [0.15, 0.2) is 36.4 Å². The van der Waals surface area contributed by atoms with Crippen molar-refractivity contribution in [3.8, 4) is 11.5 Å². The van der Waals surface area contributed by atoms with Crippen molar-refractivity contribution in [3.05, 3.63) is 52.1 Å². The molecular weight excluding hydrogens is 386 g/mol.